The SMILES string of the molecule is Cc1ccc(CSCC(=O)NNC(=O)CN2CCCc3ccccc32)cc1. The fraction of sp³-hybridized carbons (Fsp3) is 0.333. The Labute approximate surface area is 164 Å². The number of nitrogens with zero attached hydrogens (tertiary/aromatic N) is 1. The van der Waals surface area contributed by atoms with Crippen molar-refractivity contribution in [2.75, 3.05) is 23.7 Å². The van der Waals surface area contributed by atoms with Gasteiger partial charge in [-0.1, -0.05) is 48.0 Å². The zero-order chi connectivity index (χ0) is 19.1. The van der Waals surface area contributed by atoms with E-state index < -0.39 is 0 Å². The Balaban J connectivity index is 1.38. The predicted octanol–water partition coefficient (Wildman–Crippen LogP) is 2.83. The van der Waals surface area contributed by atoms with E-state index in [1.807, 2.05) is 18.2 Å². The lowest BCUT2D eigenvalue weighted by molar-refractivity contribution is -0.126. The largest absolute Gasteiger partial charge is 0.362 e. The summed E-state index contributed by atoms with van der Waals surface area (Å²) in [7, 11) is 0. The molecule has 0 fully saturated rings. The monoisotopic (exact) mass is 383 g/mol. The number of carbonyl (C=O) groups is 2. The number of rotatable bonds is 6. The number of para-hydroxylation sites is 1. The highest BCUT2D eigenvalue weighted by atomic mass is 32.2. The van der Waals surface area contributed by atoms with Crippen LogP contribution in [-0.4, -0.2) is 30.7 Å². The van der Waals surface area contributed by atoms with Crippen LogP contribution < -0.4 is 15.8 Å². The van der Waals surface area contributed by atoms with Crippen molar-refractivity contribution >= 4 is 29.3 Å². The number of benzene rings is 2. The molecule has 0 radical (unpaired) electrons. The summed E-state index contributed by atoms with van der Waals surface area (Å²) in [4.78, 5) is 26.2. The van der Waals surface area contributed by atoms with Crippen molar-refractivity contribution in [3.05, 3.63) is 65.2 Å². The molecule has 0 saturated carbocycles. The standard InChI is InChI=1S/C21H25N3O2S/c1-16-8-10-17(11-9-16)14-27-15-21(26)23-22-20(25)13-24-12-4-6-18-5-2-3-7-19(18)24/h2-3,5,7-11H,4,6,12-15H2,1H3,(H,22,25)(H,23,26). The van der Waals surface area contributed by atoms with E-state index in [-0.39, 0.29) is 18.4 Å². The highest BCUT2D eigenvalue weighted by molar-refractivity contribution is 7.99. The van der Waals surface area contributed by atoms with Gasteiger partial charge in [0, 0.05) is 18.0 Å². The molecule has 2 aromatic carbocycles. The number of thioether (sulfide) groups is 1. The Morgan fingerprint density at radius 1 is 1.04 bits per heavy atom. The van der Waals surface area contributed by atoms with Gasteiger partial charge in [-0.2, -0.15) is 0 Å². The minimum atomic E-state index is -0.205. The van der Waals surface area contributed by atoms with Crippen LogP contribution in [0.15, 0.2) is 48.5 Å². The third kappa shape index (κ3) is 5.76. The molecule has 5 nitrogen and oxygen atoms in total. The van der Waals surface area contributed by atoms with Crippen LogP contribution >= 0.6 is 11.8 Å². The van der Waals surface area contributed by atoms with Crippen LogP contribution in [0.5, 0.6) is 0 Å². The van der Waals surface area contributed by atoms with Crippen LogP contribution in [0, 0.1) is 6.92 Å². The lowest BCUT2D eigenvalue weighted by Gasteiger charge is -2.30. The fourth-order valence-corrected chi connectivity index (χ4v) is 3.90. The number of hydrogen-bond donors (Lipinski definition) is 2. The van der Waals surface area contributed by atoms with Crippen LogP contribution in [-0.2, 0) is 21.8 Å². The number of aryl methyl sites for hydroxylation is 2. The van der Waals surface area contributed by atoms with Crippen LogP contribution in [0.1, 0.15) is 23.1 Å². The van der Waals surface area contributed by atoms with Gasteiger partial charge in [0.15, 0.2) is 0 Å². The quantitative estimate of drug-likeness (QED) is 0.753. The molecule has 1 heterocycles. The number of fused-ring (bicyclic) bond motifs is 1. The van der Waals surface area contributed by atoms with E-state index in [1.54, 1.807) is 0 Å². The third-order valence-corrected chi connectivity index (χ3v) is 5.51. The van der Waals surface area contributed by atoms with Crippen molar-refractivity contribution in [2.24, 2.45) is 0 Å². The molecule has 1 aliphatic rings. The number of carbonyl (C=O) groups excluding carboxylic acids is 2. The summed E-state index contributed by atoms with van der Waals surface area (Å²) in [5.41, 5.74) is 9.82. The van der Waals surface area contributed by atoms with E-state index in [0.717, 1.165) is 30.8 Å². The zero-order valence-electron chi connectivity index (χ0n) is 15.5. The summed E-state index contributed by atoms with van der Waals surface area (Å²) < 4.78 is 0. The van der Waals surface area contributed by atoms with Gasteiger partial charge in [0.05, 0.1) is 12.3 Å². The first-order valence-corrected chi connectivity index (χ1v) is 10.3. The normalized spacial score (nSPS) is 13.0. The number of amides is 2. The lowest BCUT2D eigenvalue weighted by Crippen LogP contribution is -2.47. The van der Waals surface area contributed by atoms with Crippen molar-refractivity contribution in [3.8, 4) is 0 Å². The van der Waals surface area contributed by atoms with Crippen LogP contribution in [0.3, 0.4) is 0 Å². The Kier molecular flexibility index (Phi) is 6.76. The van der Waals surface area contributed by atoms with Crippen molar-refractivity contribution in [1.29, 1.82) is 0 Å². The Hall–Kier alpha value is -2.47. The molecule has 27 heavy (non-hydrogen) atoms. The predicted molar refractivity (Wildman–Crippen MR) is 111 cm³/mol. The van der Waals surface area contributed by atoms with Gasteiger partial charge >= 0.3 is 0 Å². The Morgan fingerprint density at radius 2 is 1.78 bits per heavy atom. The molecule has 0 atom stereocenters. The highest BCUT2D eigenvalue weighted by Crippen LogP contribution is 2.26. The molecule has 1 aliphatic heterocycles. The molecule has 0 aromatic heterocycles. The first-order valence-electron chi connectivity index (χ1n) is 9.15. The van der Waals surface area contributed by atoms with E-state index in [9.17, 15) is 9.59 Å². The average molecular weight is 384 g/mol. The van der Waals surface area contributed by atoms with Gasteiger partial charge in [-0.15, -0.1) is 11.8 Å². The maximum absolute atomic E-state index is 12.2. The maximum atomic E-state index is 12.2. The first-order chi connectivity index (χ1) is 13.1. The van der Waals surface area contributed by atoms with Gasteiger partial charge in [0.1, 0.15) is 0 Å². The van der Waals surface area contributed by atoms with E-state index in [2.05, 4.69) is 53.0 Å². The van der Waals surface area contributed by atoms with Crippen molar-refractivity contribution in [2.45, 2.75) is 25.5 Å². The molecule has 3 rings (SSSR count). The molecule has 2 amide bonds. The van der Waals surface area contributed by atoms with E-state index >= 15 is 0 Å². The summed E-state index contributed by atoms with van der Waals surface area (Å²) in [5.74, 6) is 0.676. The molecule has 0 bridgehead atoms. The van der Waals surface area contributed by atoms with Gasteiger partial charge < -0.3 is 4.90 Å². The molecule has 0 spiro atoms. The first kappa shape index (κ1) is 19.3. The van der Waals surface area contributed by atoms with Crippen molar-refractivity contribution in [1.82, 2.24) is 10.9 Å². The fourth-order valence-electron chi connectivity index (χ4n) is 3.11. The summed E-state index contributed by atoms with van der Waals surface area (Å²) >= 11 is 1.52. The van der Waals surface area contributed by atoms with E-state index in [0.29, 0.717) is 5.75 Å². The number of hydrogen-bond acceptors (Lipinski definition) is 4. The number of nitrogens with one attached hydrogen (secondary N) is 2. The molecule has 0 unspecified atom stereocenters. The summed E-state index contributed by atoms with van der Waals surface area (Å²) in [5, 5.41) is 0. The molecular formula is C21H25N3O2S. The molecule has 6 heteroatoms. The van der Waals surface area contributed by atoms with Crippen LogP contribution in [0.25, 0.3) is 0 Å². The minimum absolute atomic E-state index is 0.195. The van der Waals surface area contributed by atoms with Gasteiger partial charge in [-0.25, -0.2) is 0 Å². The maximum Gasteiger partial charge on any atom is 0.257 e. The van der Waals surface area contributed by atoms with Gasteiger partial charge in [0.25, 0.3) is 5.91 Å². The average Bonchev–Trinajstić information content (AvgIpc) is 2.68. The minimum Gasteiger partial charge on any atom is -0.362 e. The Morgan fingerprint density at radius 3 is 2.59 bits per heavy atom. The molecule has 2 N–H and O–H groups in total. The number of hydrazine groups is 1. The topological polar surface area (TPSA) is 61.4 Å². The zero-order valence-corrected chi connectivity index (χ0v) is 16.3. The second-order valence-electron chi connectivity index (χ2n) is 6.73. The van der Waals surface area contributed by atoms with E-state index in [4.69, 9.17) is 0 Å². The van der Waals surface area contributed by atoms with Gasteiger partial charge in [-0.05, 0) is 37.0 Å². The van der Waals surface area contributed by atoms with Crippen molar-refractivity contribution < 1.29 is 9.59 Å². The molecule has 0 aliphatic carbocycles. The summed E-state index contributed by atoms with van der Waals surface area (Å²) in [6, 6.07) is 16.4. The third-order valence-electron chi connectivity index (χ3n) is 4.50. The Bertz CT molecular complexity index is 792. The summed E-state index contributed by atoms with van der Waals surface area (Å²) in [6.45, 7) is 3.15. The molecule has 142 valence electrons. The lowest BCUT2D eigenvalue weighted by atomic mass is 10.0. The van der Waals surface area contributed by atoms with Crippen molar-refractivity contribution in [3.63, 3.8) is 0 Å². The highest BCUT2D eigenvalue weighted by Gasteiger charge is 2.18. The molecular weight excluding hydrogens is 358 g/mol. The smallest absolute Gasteiger partial charge is 0.257 e. The van der Waals surface area contributed by atoms with Gasteiger partial charge in [-0.3, -0.25) is 20.4 Å². The van der Waals surface area contributed by atoms with E-state index in [1.165, 1.54) is 28.5 Å². The van der Waals surface area contributed by atoms with Gasteiger partial charge in [0.2, 0.25) is 5.91 Å². The molecule has 2 aromatic rings. The second kappa shape index (κ2) is 9.46. The second-order valence-corrected chi connectivity index (χ2v) is 7.71. The molecule has 0 saturated heterocycles. The summed E-state index contributed by atoms with van der Waals surface area (Å²) in [6.07, 6.45) is 2.08. The van der Waals surface area contributed by atoms with Crippen LogP contribution in [0.4, 0.5) is 5.69 Å². The number of anilines is 1. The van der Waals surface area contributed by atoms with Crippen LogP contribution in [0.2, 0.25) is 0 Å².